The van der Waals surface area contributed by atoms with E-state index in [4.69, 9.17) is 22.1 Å². The van der Waals surface area contributed by atoms with Crippen LogP contribution in [0.15, 0.2) is 18.2 Å². The highest BCUT2D eigenvalue weighted by molar-refractivity contribution is 6.30. The minimum atomic E-state index is -0.444. The smallest absolute Gasteiger partial charge is 0.307 e. The van der Waals surface area contributed by atoms with Crippen molar-refractivity contribution >= 4 is 30.0 Å². The second-order valence-electron chi connectivity index (χ2n) is 3.31. The number of ether oxygens (including phenoxy) is 2. The van der Waals surface area contributed by atoms with Crippen LogP contribution in [0.1, 0.15) is 18.0 Å². The predicted octanol–water partition coefficient (Wildman–Crippen LogP) is 2.33. The van der Waals surface area contributed by atoms with Crippen LogP contribution in [0.25, 0.3) is 0 Å². The van der Waals surface area contributed by atoms with Crippen molar-refractivity contribution in [2.24, 2.45) is 5.73 Å². The van der Waals surface area contributed by atoms with Crippen molar-refractivity contribution in [3.8, 4) is 5.75 Å². The van der Waals surface area contributed by atoms with Crippen molar-refractivity contribution in [1.29, 1.82) is 0 Å². The van der Waals surface area contributed by atoms with Crippen molar-refractivity contribution in [1.82, 2.24) is 0 Å². The Kier molecular flexibility index (Phi) is 6.95. The van der Waals surface area contributed by atoms with E-state index in [1.165, 1.54) is 7.11 Å². The number of hydrogen-bond donors (Lipinski definition) is 1. The minimum Gasteiger partial charge on any atom is -0.497 e. The zero-order valence-electron chi connectivity index (χ0n) is 9.60. The highest BCUT2D eigenvalue weighted by Crippen LogP contribution is 2.25. The first-order valence-electron chi connectivity index (χ1n) is 4.73. The van der Waals surface area contributed by atoms with Crippen molar-refractivity contribution in [3.05, 3.63) is 28.8 Å². The Morgan fingerprint density at radius 1 is 1.41 bits per heavy atom. The maximum atomic E-state index is 11.1. The molecule has 0 radical (unpaired) electrons. The van der Waals surface area contributed by atoms with Gasteiger partial charge >= 0.3 is 5.97 Å². The number of hydrogen-bond acceptors (Lipinski definition) is 4. The van der Waals surface area contributed by atoms with Crippen LogP contribution in [-0.4, -0.2) is 20.2 Å². The third-order valence-corrected chi connectivity index (χ3v) is 2.39. The molecule has 0 saturated heterocycles. The molecule has 17 heavy (non-hydrogen) atoms. The Balaban J connectivity index is 0.00000256. The molecule has 1 aromatic carbocycles. The largest absolute Gasteiger partial charge is 0.497 e. The van der Waals surface area contributed by atoms with E-state index < -0.39 is 6.04 Å². The Morgan fingerprint density at radius 2 is 2.06 bits per heavy atom. The Morgan fingerprint density at radius 3 is 2.59 bits per heavy atom. The van der Waals surface area contributed by atoms with Gasteiger partial charge in [0.15, 0.2) is 0 Å². The molecule has 0 heterocycles. The molecule has 2 N–H and O–H groups in total. The third-order valence-electron chi connectivity index (χ3n) is 2.17. The number of methoxy groups -OCH3 is 2. The second-order valence-corrected chi connectivity index (χ2v) is 3.75. The van der Waals surface area contributed by atoms with Gasteiger partial charge in [0, 0.05) is 11.1 Å². The first-order chi connectivity index (χ1) is 7.56. The lowest BCUT2D eigenvalue weighted by molar-refractivity contribution is -0.141. The summed E-state index contributed by atoms with van der Waals surface area (Å²) in [5.74, 6) is 0.259. The van der Waals surface area contributed by atoms with Gasteiger partial charge in [-0.05, 0) is 23.8 Å². The number of nitrogens with two attached hydrogens (primary N) is 1. The highest BCUT2D eigenvalue weighted by Gasteiger charge is 2.13. The van der Waals surface area contributed by atoms with E-state index in [0.717, 1.165) is 5.56 Å². The first kappa shape index (κ1) is 16.0. The van der Waals surface area contributed by atoms with Crippen LogP contribution in [0.5, 0.6) is 5.75 Å². The molecule has 0 bridgehead atoms. The molecular weight excluding hydrogens is 265 g/mol. The van der Waals surface area contributed by atoms with Gasteiger partial charge in [0.2, 0.25) is 0 Å². The van der Waals surface area contributed by atoms with Gasteiger partial charge in [-0.25, -0.2) is 0 Å². The molecule has 0 saturated carbocycles. The lowest BCUT2D eigenvalue weighted by Gasteiger charge is -2.12. The maximum absolute atomic E-state index is 11.1. The van der Waals surface area contributed by atoms with Gasteiger partial charge in [0.05, 0.1) is 20.6 Å². The zero-order chi connectivity index (χ0) is 12.1. The van der Waals surface area contributed by atoms with Crippen molar-refractivity contribution in [3.63, 3.8) is 0 Å². The molecule has 0 fully saturated rings. The summed E-state index contributed by atoms with van der Waals surface area (Å²) in [6.45, 7) is 0. The highest BCUT2D eigenvalue weighted by atomic mass is 35.5. The van der Waals surface area contributed by atoms with Crippen LogP contribution in [-0.2, 0) is 9.53 Å². The molecule has 0 amide bonds. The standard InChI is InChI=1S/C11H14ClNO3.ClH/c1-15-9-4-7(3-8(12)5-9)10(13)6-11(14)16-2;/h3-5,10H,6,13H2,1-2H3;1H/t10-;/m1./s1. The fourth-order valence-corrected chi connectivity index (χ4v) is 1.53. The fourth-order valence-electron chi connectivity index (χ4n) is 1.30. The van der Waals surface area contributed by atoms with Crippen LogP contribution >= 0.6 is 24.0 Å². The maximum Gasteiger partial charge on any atom is 0.307 e. The molecular formula is C11H15Cl2NO3. The Labute approximate surface area is 111 Å². The van der Waals surface area contributed by atoms with Crippen LogP contribution < -0.4 is 10.5 Å². The number of esters is 1. The number of benzene rings is 1. The average molecular weight is 280 g/mol. The molecule has 0 aromatic heterocycles. The lowest BCUT2D eigenvalue weighted by Crippen LogP contribution is -2.16. The average Bonchev–Trinajstić information content (AvgIpc) is 2.27. The van der Waals surface area contributed by atoms with Gasteiger partial charge in [-0.15, -0.1) is 12.4 Å². The van der Waals surface area contributed by atoms with Gasteiger partial charge in [0.1, 0.15) is 5.75 Å². The monoisotopic (exact) mass is 279 g/mol. The van der Waals surface area contributed by atoms with Gasteiger partial charge in [-0.1, -0.05) is 11.6 Å². The SMILES string of the molecule is COC(=O)C[C@@H](N)c1cc(Cl)cc(OC)c1.Cl. The number of carbonyl (C=O) groups excluding carboxylic acids is 1. The molecule has 0 spiro atoms. The summed E-state index contributed by atoms with van der Waals surface area (Å²) in [5.41, 5.74) is 6.59. The number of rotatable bonds is 4. The number of carbonyl (C=O) groups is 1. The van der Waals surface area contributed by atoms with Crippen molar-refractivity contribution < 1.29 is 14.3 Å². The van der Waals surface area contributed by atoms with Crippen LogP contribution in [0.3, 0.4) is 0 Å². The van der Waals surface area contributed by atoms with Gasteiger partial charge in [0.25, 0.3) is 0 Å². The molecule has 1 atom stereocenters. The van der Waals surface area contributed by atoms with E-state index in [2.05, 4.69) is 4.74 Å². The van der Waals surface area contributed by atoms with Crippen LogP contribution in [0.4, 0.5) is 0 Å². The van der Waals surface area contributed by atoms with Crippen molar-refractivity contribution in [2.75, 3.05) is 14.2 Å². The van der Waals surface area contributed by atoms with E-state index in [0.29, 0.717) is 10.8 Å². The summed E-state index contributed by atoms with van der Waals surface area (Å²) in [6.07, 6.45) is 0.111. The normalized spacial score (nSPS) is 11.3. The molecule has 0 aliphatic carbocycles. The van der Waals surface area contributed by atoms with E-state index >= 15 is 0 Å². The number of halogens is 2. The van der Waals surface area contributed by atoms with Crippen LogP contribution in [0, 0.1) is 0 Å². The molecule has 1 rings (SSSR count). The Bertz CT molecular complexity index is 385. The minimum absolute atomic E-state index is 0. The second kappa shape index (κ2) is 7.37. The fraction of sp³-hybridized carbons (Fsp3) is 0.364. The first-order valence-corrected chi connectivity index (χ1v) is 5.11. The summed E-state index contributed by atoms with van der Waals surface area (Å²) < 4.78 is 9.61. The predicted molar refractivity (Wildman–Crippen MR) is 68.8 cm³/mol. The summed E-state index contributed by atoms with van der Waals surface area (Å²) in [4.78, 5) is 11.1. The molecule has 6 heteroatoms. The van der Waals surface area contributed by atoms with E-state index in [-0.39, 0.29) is 24.8 Å². The third kappa shape index (κ3) is 4.81. The van der Waals surface area contributed by atoms with E-state index in [9.17, 15) is 4.79 Å². The quantitative estimate of drug-likeness (QED) is 0.860. The Hall–Kier alpha value is -0.970. The molecule has 0 aliphatic rings. The summed E-state index contributed by atoms with van der Waals surface area (Å²) >= 11 is 5.89. The summed E-state index contributed by atoms with van der Waals surface area (Å²) in [5, 5.41) is 0.523. The molecule has 96 valence electrons. The molecule has 4 nitrogen and oxygen atoms in total. The van der Waals surface area contributed by atoms with E-state index in [1.807, 2.05) is 0 Å². The molecule has 0 unspecified atom stereocenters. The van der Waals surface area contributed by atoms with Gasteiger partial charge in [-0.3, -0.25) is 4.79 Å². The zero-order valence-corrected chi connectivity index (χ0v) is 11.2. The van der Waals surface area contributed by atoms with Gasteiger partial charge < -0.3 is 15.2 Å². The molecule has 1 aromatic rings. The summed E-state index contributed by atoms with van der Waals surface area (Å²) in [7, 11) is 2.87. The molecule has 0 aliphatic heterocycles. The lowest BCUT2D eigenvalue weighted by atomic mass is 10.0. The summed E-state index contributed by atoms with van der Waals surface area (Å²) in [6, 6.07) is 4.69. The van der Waals surface area contributed by atoms with Gasteiger partial charge in [-0.2, -0.15) is 0 Å². The topological polar surface area (TPSA) is 61.5 Å². The van der Waals surface area contributed by atoms with Crippen molar-refractivity contribution in [2.45, 2.75) is 12.5 Å². The van der Waals surface area contributed by atoms with Crippen LogP contribution in [0.2, 0.25) is 5.02 Å². The van der Waals surface area contributed by atoms with E-state index in [1.54, 1.807) is 25.3 Å².